The van der Waals surface area contributed by atoms with Crippen molar-refractivity contribution in [2.24, 2.45) is 4.99 Å². The van der Waals surface area contributed by atoms with Gasteiger partial charge in [-0.1, -0.05) is 26.2 Å². The smallest absolute Gasteiger partial charge is 0.460 e. The van der Waals surface area contributed by atoms with Crippen LogP contribution in [0, 0.1) is 10.1 Å². The lowest BCUT2D eigenvalue weighted by Gasteiger charge is -2.14. The van der Waals surface area contributed by atoms with E-state index in [2.05, 4.69) is 4.99 Å². The van der Waals surface area contributed by atoms with Crippen molar-refractivity contribution < 1.29 is 32.4 Å². The molecule has 1 aromatic carbocycles. The second-order valence-corrected chi connectivity index (χ2v) is 5.93. The topological polar surface area (TPSA) is 91.0 Å². The number of non-ortho nitro benzene ring substituents is 1. The van der Waals surface area contributed by atoms with E-state index in [0.717, 1.165) is 43.5 Å². The van der Waals surface area contributed by atoms with Crippen LogP contribution in [-0.2, 0) is 14.3 Å². The maximum atomic E-state index is 13.4. The van der Waals surface area contributed by atoms with Crippen LogP contribution in [0.4, 0.5) is 24.5 Å². The first-order valence-electron chi connectivity index (χ1n) is 9.14. The van der Waals surface area contributed by atoms with Crippen LogP contribution in [0.1, 0.15) is 46.0 Å². The van der Waals surface area contributed by atoms with Gasteiger partial charge in [-0.3, -0.25) is 10.1 Å². The molecule has 0 heterocycles. The summed E-state index contributed by atoms with van der Waals surface area (Å²) >= 11 is 0. The Morgan fingerprint density at radius 2 is 1.83 bits per heavy atom. The lowest BCUT2D eigenvalue weighted by Crippen LogP contribution is -2.27. The van der Waals surface area contributed by atoms with Crippen molar-refractivity contribution in [1.82, 2.24) is 0 Å². The Labute approximate surface area is 166 Å². The quantitative estimate of drug-likeness (QED) is 0.0721. The predicted molar refractivity (Wildman–Crippen MR) is 101 cm³/mol. The van der Waals surface area contributed by atoms with E-state index in [0.29, 0.717) is 12.8 Å². The van der Waals surface area contributed by atoms with Crippen molar-refractivity contribution in [3.63, 3.8) is 0 Å². The number of halogens is 3. The fourth-order valence-electron chi connectivity index (χ4n) is 2.19. The number of unbranched alkanes of at least 4 members (excludes halogenated alkanes) is 4. The number of nitrogens with zero attached hydrogens (tertiary/aromatic N) is 2. The highest BCUT2D eigenvalue weighted by Gasteiger charge is 2.40. The van der Waals surface area contributed by atoms with Gasteiger partial charge in [-0.2, -0.15) is 13.2 Å². The number of ether oxygens (including phenoxy) is 2. The third-order valence-corrected chi connectivity index (χ3v) is 3.60. The number of alkyl halides is 3. The number of rotatable bonds is 10. The fourth-order valence-corrected chi connectivity index (χ4v) is 2.19. The molecule has 160 valence electrons. The summed E-state index contributed by atoms with van der Waals surface area (Å²) in [5, 5.41) is 10.6. The number of esters is 1. The molecule has 0 unspecified atom stereocenters. The number of benzene rings is 1. The molecule has 0 N–H and O–H groups in total. The number of hydrogen-bond acceptors (Lipinski definition) is 6. The molecule has 0 saturated carbocycles. The molecule has 7 nitrogen and oxygen atoms in total. The average Bonchev–Trinajstić information content (AvgIpc) is 2.65. The van der Waals surface area contributed by atoms with Crippen LogP contribution in [0.2, 0.25) is 0 Å². The molecule has 1 rings (SSSR count). The molecule has 0 aliphatic rings. The lowest BCUT2D eigenvalue weighted by molar-refractivity contribution is -0.384. The first kappa shape index (κ1) is 24.1. The number of carbonyl (C=O) groups excluding carboxylic acids is 1. The predicted octanol–water partition coefficient (Wildman–Crippen LogP) is 5.62. The molecule has 0 fully saturated rings. The van der Waals surface area contributed by atoms with Crippen LogP contribution in [0.3, 0.4) is 0 Å². The zero-order chi connectivity index (χ0) is 21.9. The van der Waals surface area contributed by atoms with Crippen molar-refractivity contribution in [2.75, 3.05) is 6.61 Å². The molecule has 0 spiro atoms. The van der Waals surface area contributed by atoms with Gasteiger partial charge >= 0.3 is 18.0 Å². The number of hydrogen-bond donors (Lipinski definition) is 0. The van der Waals surface area contributed by atoms with E-state index in [1.165, 1.54) is 13.0 Å². The van der Waals surface area contributed by atoms with Crippen LogP contribution in [0.15, 0.2) is 41.1 Å². The largest absolute Gasteiger partial charge is 0.468 e. The van der Waals surface area contributed by atoms with Gasteiger partial charge in [0.05, 0.1) is 17.2 Å². The maximum absolute atomic E-state index is 13.4. The van der Waals surface area contributed by atoms with E-state index in [1.807, 2.05) is 6.92 Å². The Morgan fingerprint density at radius 1 is 1.17 bits per heavy atom. The minimum atomic E-state index is -4.99. The molecule has 0 aliphatic heterocycles. The number of carbonyl (C=O) groups is 1. The van der Waals surface area contributed by atoms with Crippen LogP contribution < -0.4 is 0 Å². The second-order valence-electron chi connectivity index (χ2n) is 5.93. The third-order valence-electron chi connectivity index (χ3n) is 3.60. The van der Waals surface area contributed by atoms with Crippen molar-refractivity contribution in [3.8, 4) is 0 Å². The summed E-state index contributed by atoms with van der Waals surface area (Å²) in [7, 11) is 0. The molecular formula is C19H23F3N2O5. The van der Waals surface area contributed by atoms with E-state index in [4.69, 9.17) is 9.47 Å². The molecular weight excluding hydrogens is 393 g/mol. The number of nitro benzene ring substituents is 1. The minimum Gasteiger partial charge on any atom is -0.460 e. The van der Waals surface area contributed by atoms with Gasteiger partial charge in [0.15, 0.2) is 0 Å². The molecule has 0 bridgehead atoms. The van der Waals surface area contributed by atoms with Crippen LogP contribution >= 0.6 is 0 Å². The van der Waals surface area contributed by atoms with E-state index in [-0.39, 0.29) is 18.0 Å². The third kappa shape index (κ3) is 8.75. The number of allylic oxidation sites excluding steroid dienone is 1. The normalized spacial score (nSPS) is 12.6. The van der Waals surface area contributed by atoms with Gasteiger partial charge in [-0.05, 0) is 38.0 Å². The van der Waals surface area contributed by atoms with E-state index in [9.17, 15) is 28.1 Å². The monoisotopic (exact) mass is 416 g/mol. The molecule has 0 saturated heterocycles. The lowest BCUT2D eigenvalue weighted by atomic mass is 10.1. The summed E-state index contributed by atoms with van der Waals surface area (Å²) in [6.45, 7) is 3.51. The molecule has 0 amide bonds. The highest BCUT2D eigenvalue weighted by atomic mass is 19.4. The van der Waals surface area contributed by atoms with Crippen LogP contribution in [-0.4, -0.2) is 29.6 Å². The summed E-state index contributed by atoms with van der Waals surface area (Å²) < 4.78 is 49.7. The van der Waals surface area contributed by atoms with Gasteiger partial charge in [0, 0.05) is 12.1 Å². The Morgan fingerprint density at radius 3 is 2.34 bits per heavy atom. The van der Waals surface area contributed by atoms with Gasteiger partial charge in [0.2, 0.25) is 5.76 Å². The first-order valence-corrected chi connectivity index (χ1v) is 9.14. The molecule has 0 aliphatic carbocycles. The minimum absolute atomic E-state index is 0.0315. The highest BCUT2D eigenvalue weighted by Crippen LogP contribution is 2.26. The molecule has 29 heavy (non-hydrogen) atoms. The number of nitro groups is 1. The highest BCUT2D eigenvalue weighted by molar-refractivity contribution is 5.93. The van der Waals surface area contributed by atoms with Gasteiger partial charge in [0.25, 0.3) is 5.69 Å². The van der Waals surface area contributed by atoms with Crippen LogP contribution in [0.5, 0.6) is 0 Å². The summed E-state index contributed by atoms with van der Waals surface area (Å²) in [5.74, 6) is -3.29. The van der Waals surface area contributed by atoms with Gasteiger partial charge in [-0.25, -0.2) is 9.79 Å². The van der Waals surface area contributed by atoms with Crippen LogP contribution in [0.25, 0.3) is 0 Å². The summed E-state index contributed by atoms with van der Waals surface area (Å²) in [6.07, 6.45) is 0.119. The Hall–Kier alpha value is -2.91. The Bertz CT molecular complexity index is 743. The summed E-state index contributed by atoms with van der Waals surface area (Å²) in [5.41, 5.74) is -0.508. The molecule has 0 aromatic heterocycles. The Kier molecular flexibility index (Phi) is 9.84. The summed E-state index contributed by atoms with van der Waals surface area (Å²) in [4.78, 5) is 25.3. The van der Waals surface area contributed by atoms with Crippen molar-refractivity contribution in [1.29, 1.82) is 0 Å². The molecule has 10 heteroatoms. The average molecular weight is 416 g/mol. The van der Waals surface area contributed by atoms with Gasteiger partial charge in [-0.15, -0.1) is 0 Å². The molecule has 0 atom stereocenters. The van der Waals surface area contributed by atoms with E-state index in [1.54, 1.807) is 0 Å². The molecule has 0 radical (unpaired) electrons. The van der Waals surface area contributed by atoms with E-state index < -0.39 is 28.7 Å². The first-order chi connectivity index (χ1) is 13.7. The van der Waals surface area contributed by atoms with E-state index >= 15 is 0 Å². The summed E-state index contributed by atoms with van der Waals surface area (Å²) in [6, 6.07) is 4.13. The van der Waals surface area contributed by atoms with Gasteiger partial charge < -0.3 is 9.47 Å². The standard InChI is InChI=1S/C19H23F3N2O5/c1-3-5-6-7-8-9-16(17(25)28-4-2)29-18(19(20,21)22)23-14-10-12-15(13-11-14)24(26)27/h9-13H,3-8H2,1-2H3/b16-9-,23-18?. The van der Waals surface area contributed by atoms with Crippen molar-refractivity contribution >= 4 is 23.2 Å². The molecule has 1 aromatic rings. The zero-order valence-corrected chi connectivity index (χ0v) is 16.2. The SMILES string of the molecule is CCCCCC/C=C(\OC(=Nc1ccc([N+](=O)[O-])cc1)C(F)(F)F)C(=O)OCC. The zero-order valence-electron chi connectivity index (χ0n) is 16.2. The Balaban J connectivity index is 3.10. The number of aliphatic imine (C=N–C) groups is 1. The van der Waals surface area contributed by atoms with Crippen molar-refractivity contribution in [3.05, 3.63) is 46.2 Å². The van der Waals surface area contributed by atoms with Gasteiger partial charge in [0.1, 0.15) is 0 Å². The second kappa shape index (κ2) is 11.8. The maximum Gasteiger partial charge on any atom is 0.468 e. The van der Waals surface area contributed by atoms with Crippen molar-refractivity contribution in [2.45, 2.75) is 52.1 Å². The fraction of sp³-hybridized carbons (Fsp3) is 0.474.